The van der Waals surface area contributed by atoms with E-state index in [0.717, 1.165) is 121 Å². The predicted octanol–water partition coefficient (Wildman–Crippen LogP) is 22.4. The molecule has 0 saturated heterocycles. The topological polar surface area (TPSA) is 0 Å². The number of rotatable bonds is 20. The number of hydrogen-bond donors (Lipinski definition) is 5. The van der Waals surface area contributed by atoms with Crippen LogP contribution in [0.5, 0.6) is 0 Å². The monoisotopic (exact) mass is 1310 g/mol. The Bertz CT molecular complexity index is 2840. The van der Waals surface area contributed by atoms with Crippen LogP contribution < -0.4 is 0 Å². The molecule has 0 radical (unpaired) electrons. The Labute approximate surface area is 564 Å². The highest BCUT2D eigenvalue weighted by Gasteiger charge is 2.02. The fraction of sp³-hybridized carbons (Fsp3) is 0.250. The lowest BCUT2D eigenvalue weighted by Gasteiger charge is -2.04. The third-order valence-corrected chi connectivity index (χ3v) is 16.8. The Morgan fingerprint density at radius 2 is 0.222 bits per heavy atom. The molecule has 0 aliphatic carbocycles. The van der Waals surface area contributed by atoms with E-state index >= 15 is 0 Å². The minimum atomic E-state index is 0. The molecule has 10 heteroatoms. The molecule has 0 aromatic heterocycles. The molecular weight excluding hydrogens is 1220 g/mol. The van der Waals surface area contributed by atoms with Gasteiger partial charge in [0.15, 0.2) is 0 Å². The van der Waals surface area contributed by atoms with Crippen molar-refractivity contribution in [1.29, 1.82) is 0 Å². The van der Waals surface area contributed by atoms with Crippen LogP contribution in [0.2, 0.25) is 0 Å². The normalized spacial score (nSPS) is 9.89. The summed E-state index contributed by atoms with van der Waals surface area (Å²) in [5.41, 5.74) is 21.0. The van der Waals surface area contributed by atoms with Crippen molar-refractivity contribution in [3.63, 3.8) is 0 Å². The zero-order valence-corrected chi connectivity index (χ0v) is 57.5. The first-order chi connectivity index (χ1) is 41.4. The highest BCUT2D eigenvalue weighted by atomic mass is 32.1. The van der Waals surface area contributed by atoms with E-state index in [1.54, 1.807) is 0 Å². The van der Waals surface area contributed by atoms with E-state index in [-0.39, 0.29) is 23.5 Å². The van der Waals surface area contributed by atoms with Crippen LogP contribution in [0.3, 0.4) is 0 Å². The largest absolute Gasteiger partial charge is 0.269 e. The third kappa shape index (κ3) is 32.1. The second-order valence-electron chi connectivity index (χ2n) is 21.7. The molecule has 10 aromatic rings. The molecular formula is C80H95F5S5. The van der Waals surface area contributed by atoms with Crippen LogP contribution in [0, 0.1) is 0 Å². The first kappa shape index (κ1) is 81.6. The van der Waals surface area contributed by atoms with Gasteiger partial charge in [0, 0.05) is 24.5 Å². The van der Waals surface area contributed by atoms with Crippen LogP contribution >= 0.6 is 63.1 Å². The smallest absolute Gasteiger partial charge is 0.00401 e. The molecule has 0 unspecified atom stereocenters. The molecule has 0 aliphatic heterocycles. The molecule has 0 bridgehead atoms. The van der Waals surface area contributed by atoms with E-state index in [4.69, 9.17) is 0 Å². The van der Waals surface area contributed by atoms with Crippen molar-refractivity contribution in [1.82, 2.24) is 0 Å². The quantitative estimate of drug-likeness (QED) is 0.0365. The summed E-state index contributed by atoms with van der Waals surface area (Å²) in [6, 6.07) is 86.8. The molecule has 0 spiro atoms. The molecule has 0 nitrogen and oxygen atoms in total. The fourth-order valence-electron chi connectivity index (χ4n) is 9.46. The molecule has 0 N–H and O–H groups in total. The summed E-state index contributed by atoms with van der Waals surface area (Å²) in [5.74, 6) is 0. The lowest BCUT2D eigenvalue weighted by molar-refractivity contribution is 0.955. The minimum absolute atomic E-state index is 0. The number of halogens is 5. The molecule has 0 amide bonds. The molecule has 0 atom stereocenters. The average molecular weight is 1310 g/mol. The van der Waals surface area contributed by atoms with E-state index in [2.05, 4.69) is 340 Å². The summed E-state index contributed by atoms with van der Waals surface area (Å²) >= 11 is 21.5. The summed E-state index contributed by atoms with van der Waals surface area (Å²) in [6.07, 6.45) is 16.6. The van der Waals surface area contributed by atoms with Crippen LogP contribution in [0.4, 0.5) is 23.5 Å². The van der Waals surface area contributed by atoms with Gasteiger partial charge in [0.25, 0.3) is 0 Å². The van der Waals surface area contributed by atoms with Crippen molar-refractivity contribution in [2.24, 2.45) is 0 Å². The van der Waals surface area contributed by atoms with Gasteiger partial charge in [-0.25, -0.2) is 0 Å². The first-order valence-corrected chi connectivity index (χ1v) is 32.9. The van der Waals surface area contributed by atoms with E-state index in [1.807, 2.05) is 0 Å². The highest BCUT2D eigenvalue weighted by Crippen LogP contribution is 2.18. The van der Waals surface area contributed by atoms with E-state index < -0.39 is 0 Å². The second-order valence-corrected chi connectivity index (χ2v) is 24.3. The lowest BCUT2D eigenvalue weighted by Crippen LogP contribution is -1.91. The van der Waals surface area contributed by atoms with Crippen LogP contribution in [0.25, 0.3) is 0 Å². The maximum atomic E-state index is 4.29. The van der Waals surface area contributed by atoms with Crippen LogP contribution in [0.1, 0.15) is 118 Å². The van der Waals surface area contributed by atoms with Gasteiger partial charge in [0.05, 0.1) is 0 Å². The Hall–Kier alpha value is -6.40. The molecule has 0 fully saturated rings. The number of benzene rings is 10. The highest BCUT2D eigenvalue weighted by molar-refractivity contribution is 7.81. The van der Waals surface area contributed by atoms with E-state index in [9.17, 15) is 0 Å². The van der Waals surface area contributed by atoms with Gasteiger partial charge >= 0.3 is 0 Å². The van der Waals surface area contributed by atoms with Gasteiger partial charge in [-0.15, -0.1) is 63.1 Å². The van der Waals surface area contributed by atoms with E-state index in [1.165, 1.54) is 83.5 Å². The summed E-state index contributed by atoms with van der Waals surface area (Å²) in [4.78, 5) is 5.14. The van der Waals surface area contributed by atoms with Crippen molar-refractivity contribution in [3.05, 3.63) is 326 Å². The van der Waals surface area contributed by atoms with Crippen molar-refractivity contribution in [3.8, 4) is 0 Å². The molecule has 480 valence electrons. The fourth-order valence-corrected chi connectivity index (χ4v) is 10.2. The van der Waals surface area contributed by atoms with Crippen molar-refractivity contribution >= 4 is 63.1 Å². The molecule has 0 aliphatic rings. The predicted molar refractivity (Wildman–Crippen MR) is 397 cm³/mol. The maximum absolute atomic E-state index is 4.29. The maximum Gasteiger partial charge on any atom is 0.00401 e. The van der Waals surface area contributed by atoms with Gasteiger partial charge in [-0.2, -0.15) is 0 Å². The SMILES string of the molecule is CCc1ccc(CCc2ccc(S)cc2)cc1.CCc1ccc(CCc2ccc(S)cc2)cc1.CCc1ccc(CCc2ccc(S)cc2)cc1.CCc1ccc(CCc2ccc(S)cc2)cc1.CCc1ccc(CCc2ccc(S)cc2)cc1.F.F.F.F.F. The van der Waals surface area contributed by atoms with Gasteiger partial charge in [-0.05, 0) is 240 Å². The van der Waals surface area contributed by atoms with Crippen LogP contribution in [-0.2, 0) is 96.3 Å². The van der Waals surface area contributed by atoms with Crippen LogP contribution in [-0.4, -0.2) is 0 Å². The Kier molecular flexibility index (Phi) is 42.3. The molecule has 10 aromatic carbocycles. The number of thiol groups is 5. The molecule has 0 saturated carbocycles. The van der Waals surface area contributed by atoms with Gasteiger partial charge in [0.1, 0.15) is 0 Å². The summed E-state index contributed by atoms with van der Waals surface area (Å²) in [5, 5.41) is 0. The van der Waals surface area contributed by atoms with E-state index in [0.29, 0.717) is 0 Å². The zero-order chi connectivity index (χ0) is 60.4. The van der Waals surface area contributed by atoms with Crippen molar-refractivity contribution < 1.29 is 23.5 Å². The zero-order valence-electron chi connectivity index (χ0n) is 53.0. The molecule has 10 rings (SSSR count). The summed E-state index contributed by atoms with van der Waals surface area (Å²) in [7, 11) is 0. The number of hydrogen-bond acceptors (Lipinski definition) is 5. The minimum Gasteiger partial charge on any atom is -0.269 e. The average Bonchev–Trinajstić information content (AvgIpc) is 3.65. The Balaban J connectivity index is 0.000000555. The number of aryl methyl sites for hydroxylation is 15. The van der Waals surface area contributed by atoms with Gasteiger partial charge in [0.2, 0.25) is 0 Å². The lowest BCUT2D eigenvalue weighted by atomic mass is 10.0. The van der Waals surface area contributed by atoms with Crippen LogP contribution in [0.15, 0.2) is 267 Å². The summed E-state index contributed by atoms with van der Waals surface area (Å²) in [6.45, 7) is 10.9. The second kappa shape index (κ2) is 46.6. The van der Waals surface area contributed by atoms with Gasteiger partial charge < -0.3 is 0 Å². The first-order valence-electron chi connectivity index (χ1n) is 30.7. The van der Waals surface area contributed by atoms with Gasteiger partial charge in [-0.3, -0.25) is 23.5 Å². The molecule has 0 heterocycles. The standard InChI is InChI=1S/5C16H18S.5FH/c5*1-2-13-3-5-14(6-4-13)7-8-15-9-11-16(17)12-10-15;;;;;/h5*3-6,9-12,17H,2,7-8H2,1H3;5*1H. The van der Waals surface area contributed by atoms with Crippen molar-refractivity contribution in [2.45, 2.75) is 155 Å². The molecule has 90 heavy (non-hydrogen) atoms. The summed E-state index contributed by atoms with van der Waals surface area (Å²) < 4.78 is 0. The van der Waals surface area contributed by atoms with Crippen molar-refractivity contribution in [2.75, 3.05) is 0 Å². The Morgan fingerprint density at radius 3 is 0.311 bits per heavy atom. The Morgan fingerprint density at radius 1 is 0.144 bits per heavy atom. The van der Waals surface area contributed by atoms with Gasteiger partial charge in [-0.1, -0.05) is 217 Å². The third-order valence-electron chi connectivity index (χ3n) is 15.3.